The molecule has 1 aliphatic heterocycles. The molecule has 3 aromatic carbocycles. The van der Waals surface area contributed by atoms with Gasteiger partial charge in [-0.2, -0.15) is 0 Å². The zero-order chi connectivity index (χ0) is 23.6. The summed E-state index contributed by atoms with van der Waals surface area (Å²) in [6, 6.07) is 30.0. The lowest BCUT2D eigenvalue weighted by Crippen LogP contribution is -2.40. The maximum absolute atomic E-state index is 5.67. The number of nitrogens with zero attached hydrogens (tertiary/aromatic N) is 2. The minimum atomic E-state index is 0.161. The second kappa shape index (κ2) is 12.1. The van der Waals surface area contributed by atoms with Gasteiger partial charge in [-0.05, 0) is 50.4 Å². The summed E-state index contributed by atoms with van der Waals surface area (Å²) in [7, 11) is 0. The third-order valence-electron chi connectivity index (χ3n) is 7.13. The van der Waals surface area contributed by atoms with E-state index in [2.05, 4.69) is 104 Å². The number of likely N-dealkylation sites (tertiary alicyclic amines) is 1. The quantitative estimate of drug-likeness (QED) is 0.256. The molecule has 3 nitrogen and oxygen atoms in total. The van der Waals surface area contributed by atoms with E-state index in [0.29, 0.717) is 0 Å². The highest BCUT2D eigenvalue weighted by molar-refractivity contribution is 6.13. The Morgan fingerprint density at radius 1 is 0.882 bits per heavy atom. The molecule has 4 rings (SSSR count). The predicted octanol–water partition coefficient (Wildman–Crippen LogP) is 7.03. The van der Waals surface area contributed by atoms with Gasteiger partial charge in [0.1, 0.15) is 0 Å². The molecule has 1 atom stereocenters. The molecule has 1 aliphatic rings. The van der Waals surface area contributed by atoms with Crippen molar-refractivity contribution >= 4 is 11.4 Å². The summed E-state index contributed by atoms with van der Waals surface area (Å²) in [6.07, 6.45) is 4.89. The standard InChI is InChI=1S/C31H38N2O/c1-3-31(20-11-12-21-33(25-31)22-23-34-4-2)28-18-13-19-29(24-28)32-30(26-14-7-5-8-15-26)27-16-9-6-10-17-27/h5-10,13-19,24H,3-4,11-12,20-23,25H2,1-2H3. The monoisotopic (exact) mass is 454 g/mol. The fraction of sp³-hybridized carbons (Fsp3) is 0.387. The molecule has 1 saturated heterocycles. The maximum Gasteiger partial charge on any atom is 0.0781 e. The Bertz CT molecular complexity index is 1010. The Morgan fingerprint density at radius 2 is 1.59 bits per heavy atom. The molecule has 1 heterocycles. The topological polar surface area (TPSA) is 24.8 Å². The normalized spacial score (nSPS) is 18.9. The van der Waals surface area contributed by atoms with Crippen LogP contribution in [0.15, 0.2) is 89.9 Å². The highest BCUT2D eigenvalue weighted by atomic mass is 16.5. The maximum atomic E-state index is 5.67. The number of hydrogen-bond donors (Lipinski definition) is 0. The van der Waals surface area contributed by atoms with Gasteiger partial charge in [0.2, 0.25) is 0 Å². The highest BCUT2D eigenvalue weighted by Gasteiger charge is 2.34. The van der Waals surface area contributed by atoms with Gasteiger partial charge in [-0.3, -0.25) is 0 Å². The van der Waals surface area contributed by atoms with Gasteiger partial charge >= 0.3 is 0 Å². The van der Waals surface area contributed by atoms with E-state index < -0.39 is 0 Å². The van der Waals surface area contributed by atoms with Gasteiger partial charge in [0.15, 0.2) is 0 Å². The van der Waals surface area contributed by atoms with Crippen molar-refractivity contribution in [2.24, 2.45) is 4.99 Å². The molecule has 0 N–H and O–H groups in total. The Balaban J connectivity index is 1.68. The van der Waals surface area contributed by atoms with Gasteiger partial charge in [-0.15, -0.1) is 0 Å². The lowest BCUT2D eigenvalue weighted by Gasteiger charge is -2.36. The van der Waals surface area contributed by atoms with Gasteiger partial charge in [0.25, 0.3) is 0 Å². The SMILES string of the molecule is CCOCCN1CCCCC(CC)(c2cccc(N=C(c3ccccc3)c3ccccc3)c2)C1. The number of benzene rings is 3. The second-order valence-electron chi connectivity index (χ2n) is 9.31. The Labute approximate surface area is 205 Å². The van der Waals surface area contributed by atoms with Crippen molar-refractivity contribution in [3.8, 4) is 0 Å². The Hall–Kier alpha value is -2.75. The Kier molecular flexibility index (Phi) is 8.67. The molecule has 1 fully saturated rings. The van der Waals surface area contributed by atoms with Crippen molar-refractivity contribution in [2.75, 3.05) is 32.8 Å². The summed E-state index contributed by atoms with van der Waals surface area (Å²) in [5.41, 5.74) is 5.90. The summed E-state index contributed by atoms with van der Waals surface area (Å²) in [5, 5.41) is 0. The lowest BCUT2D eigenvalue weighted by atomic mass is 9.74. The number of hydrogen-bond acceptors (Lipinski definition) is 3. The average Bonchev–Trinajstić information content (AvgIpc) is 3.12. The molecule has 0 aromatic heterocycles. The molecule has 1 unspecified atom stereocenters. The van der Waals surface area contributed by atoms with Crippen molar-refractivity contribution in [1.82, 2.24) is 4.90 Å². The lowest BCUT2D eigenvalue weighted by molar-refractivity contribution is 0.105. The first-order chi connectivity index (χ1) is 16.7. The van der Waals surface area contributed by atoms with Gasteiger partial charge < -0.3 is 9.64 Å². The molecule has 0 amide bonds. The summed E-state index contributed by atoms with van der Waals surface area (Å²) < 4.78 is 5.67. The van der Waals surface area contributed by atoms with E-state index in [1.807, 2.05) is 0 Å². The van der Waals surface area contributed by atoms with E-state index in [4.69, 9.17) is 9.73 Å². The van der Waals surface area contributed by atoms with E-state index in [-0.39, 0.29) is 5.41 Å². The highest BCUT2D eigenvalue weighted by Crippen LogP contribution is 2.38. The van der Waals surface area contributed by atoms with E-state index in [1.165, 1.54) is 31.4 Å². The van der Waals surface area contributed by atoms with Gasteiger partial charge in [-0.25, -0.2) is 4.99 Å². The first kappa shape index (κ1) is 24.4. The Morgan fingerprint density at radius 3 is 2.24 bits per heavy atom. The van der Waals surface area contributed by atoms with Crippen molar-refractivity contribution in [3.63, 3.8) is 0 Å². The van der Waals surface area contributed by atoms with Crippen molar-refractivity contribution in [1.29, 1.82) is 0 Å². The van der Waals surface area contributed by atoms with Crippen LogP contribution in [0.4, 0.5) is 5.69 Å². The van der Waals surface area contributed by atoms with Crippen LogP contribution in [0, 0.1) is 0 Å². The average molecular weight is 455 g/mol. The summed E-state index contributed by atoms with van der Waals surface area (Å²) >= 11 is 0. The first-order valence-electron chi connectivity index (χ1n) is 12.8. The van der Waals surface area contributed by atoms with Crippen LogP contribution in [-0.2, 0) is 10.2 Å². The van der Waals surface area contributed by atoms with Crippen LogP contribution in [-0.4, -0.2) is 43.5 Å². The molecular weight excluding hydrogens is 416 g/mol. The van der Waals surface area contributed by atoms with Crippen molar-refractivity contribution in [2.45, 2.75) is 44.9 Å². The van der Waals surface area contributed by atoms with Crippen LogP contribution < -0.4 is 0 Å². The van der Waals surface area contributed by atoms with E-state index in [9.17, 15) is 0 Å². The van der Waals surface area contributed by atoms with Crippen LogP contribution in [0.3, 0.4) is 0 Å². The third-order valence-corrected chi connectivity index (χ3v) is 7.13. The molecule has 0 saturated carbocycles. The largest absolute Gasteiger partial charge is 0.380 e. The fourth-order valence-corrected chi connectivity index (χ4v) is 5.16. The fourth-order valence-electron chi connectivity index (χ4n) is 5.16. The number of aliphatic imine (C=N–C) groups is 1. The zero-order valence-electron chi connectivity index (χ0n) is 20.7. The van der Waals surface area contributed by atoms with Crippen molar-refractivity contribution in [3.05, 3.63) is 102 Å². The van der Waals surface area contributed by atoms with E-state index in [1.54, 1.807) is 0 Å². The molecular formula is C31H38N2O. The predicted molar refractivity (Wildman–Crippen MR) is 143 cm³/mol. The van der Waals surface area contributed by atoms with Crippen LogP contribution in [0.5, 0.6) is 0 Å². The van der Waals surface area contributed by atoms with Gasteiger partial charge in [0.05, 0.1) is 18.0 Å². The summed E-state index contributed by atoms with van der Waals surface area (Å²) in [4.78, 5) is 7.82. The summed E-state index contributed by atoms with van der Waals surface area (Å²) in [5.74, 6) is 0. The molecule has 0 radical (unpaired) electrons. The molecule has 178 valence electrons. The molecule has 0 bridgehead atoms. The minimum absolute atomic E-state index is 0.161. The van der Waals surface area contributed by atoms with Gasteiger partial charge in [-0.1, -0.05) is 86.1 Å². The molecule has 34 heavy (non-hydrogen) atoms. The molecule has 0 spiro atoms. The second-order valence-corrected chi connectivity index (χ2v) is 9.31. The molecule has 0 aliphatic carbocycles. The zero-order valence-corrected chi connectivity index (χ0v) is 20.7. The number of rotatable bonds is 9. The van der Waals surface area contributed by atoms with Crippen LogP contribution in [0.1, 0.15) is 56.2 Å². The first-order valence-corrected chi connectivity index (χ1v) is 12.8. The van der Waals surface area contributed by atoms with Gasteiger partial charge in [0, 0.05) is 36.2 Å². The van der Waals surface area contributed by atoms with Crippen LogP contribution >= 0.6 is 0 Å². The van der Waals surface area contributed by atoms with Crippen LogP contribution in [0.2, 0.25) is 0 Å². The number of ether oxygens (including phenoxy) is 1. The molecule has 3 heteroatoms. The van der Waals surface area contributed by atoms with Crippen molar-refractivity contribution < 1.29 is 4.74 Å². The summed E-state index contributed by atoms with van der Waals surface area (Å²) in [6.45, 7) is 9.30. The van der Waals surface area contributed by atoms with E-state index >= 15 is 0 Å². The smallest absolute Gasteiger partial charge is 0.0781 e. The van der Waals surface area contributed by atoms with E-state index in [0.717, 1.165) is 55.3 Å². The molecule has 3 aromatic rings. The minimum Gasteiger partial charge on any atom is -0.380 e. The van der Waals surface area contributed by atoms with Crippen LogP contribution in [0.25, 0.3) is 0 Å². The third kappa shape index (κ3) is 6.02.